The number of hydrogen-bond acceptors (Lipinski definition) is 3. The minimum absolute atomic E-state index is 0.122. The predicted octanol–water partition coefficient (Wildman–Crippen LogP) is 3.32. The molecule has 76 valence electrons. The summed E-state index contributed by atoms with van der Waals surface area (Å²) in [4.78, 5) is 17.2. The molecule has 0 atom stereocenters. The summed E-state index contributed by atoms with van der Waals surface area (Å²) < 4.78 is 0. The van der Waals surface area contributed by atoms with Gasteiger partial charge in [-0.1, -0.05) is 0 Å². The standard InChI is InChI=1S/C12H11NOS/c1-8-7-10(5-6-13-8)12-4-3-11(15-12)9(2)14/h3-7H,1-2H3. The number of carbonyl (C=O) groups excluding carboxylic acids is 1. The highest BCUT2D eigenvalue weighted by Crippen LogP contribution is 2.28. The summed E-state index contributed by atoms with van der Waals surface area (Å²) in [5.41, 5.74) is 2.12. The first kappa shape index (κ1) is 10.1. The van der Waals surface area contributed by atoms with E-state index < -0.39 is 0 Å². The zero-order valence-corrected chi connectivity index (χ0v) is 9.47. The molecule has 0 aliphatic carbocycles. The second kappa shape index (κ2) is 3.95. The number of pyridine rings is 1. The summed E-state index contributed by atoms with van der Waals surface area (Å²) in [7, 11) is 0. The molecular weight excluding hydrogens is 206 g/mol. The molecule has 2 heterocycles. The van der Waals surface area contributed by atoms with Gasteiger partial charge in [0.25, 0.3) is 0 Å². The summed E-state index contributed by atoms with van der Waals surface area (Å²) in [5, 5.41) is 0. The zero-order chi connectivity index (χ0) is 10.8. The van der Waals surface area contributed by atoms with Gasteiger partial charge in [0.05, 0.1) is 4.88 Å². The lowest BCUT2D eigenvalue weighted by Crippen LogP contribution is -1.83. The van der Waals surface area contributed by atoms with Gasteiger partial charge in [-0.05, 0) is 43.7 Å². The van der Waals surface area contributed by atoms with Crippen molar-refractivity contribution >= 4 is 17.1 Å². The average molecular weight is 217 g/mol. The van der Waals surface area contributed by atoms with E-state index in [1.54, 1.807) is 13.1 Å². The quantitative estimate of drug-likeness (QED) is 0.722. The topological polar surface area (TPSA) is 30.0 Å². The van der Waals surface area contributed by atoms with Crippen LogP contribution in [0.1, 0.15) is 22.3 Å². The van der Waals surface area contributed by atoms with Crippen LogP contribution in [0.15, 0.2) is 30.5 Å². The van der Waals surface area contributed by atoms with E-state index in [1.807, 2.05) is 31.2 Å². The molecule has 0 N–H and O–H groups in total. The molecule has 0 unspecified atom stereocenters. The Balaban J connectivity index is 2.41. The van der Waals surface area contributed by atoms with Crippen molar-refractivity contribution in [3.8, 4) is 10.4 Å². The Kier molecular flexibility index (Phi) is 2.64. The van der Waals surface area contributed by atoms with Crippen LogP contribution in [0.2, 0.25) is 0 Å². The molecule has 0 saturated heterocycles. The summed E-state index contributed by atoms with van der Waals surface area (Å²) in [6, 6.07) is 7.84. The lowest BCUT2D eigenvalue weighted by Gasteiger charge is -1.97. The molecule has 2 rings (SSSR count). The highest BCUT2D eigenvalue weighted by atomic mass is 32.1. The van der Waals surface area contributed by atoms with Crippen LogP contribution in [-0.2, 0) is 0 Å². The van der Waals surface area contributed by atoms with Gasteiger partial charge in [0.1, 0.15) is 0 Å². The molecule has 2 nitrogen and oxygen atoms in total. The maximum atomic E-state index is 11.2. The second-order valence-electron chi connectivity index (χ2n) is 3.41. The van der Waals surface area contributed by atoms with E-state index in [9.17, 15) is 4.79 Å². The third-order valence-corrected chi connectivity index (χ3v) is 3.37. The second-order valence-corrected chi connectivity index (χ2v) is 4.49. The Labute approximate surface area is 92.6 Å². The van der Waals surface area contributed by atoms with Gasteiger partial charge in [-0.2, -0.15) is 0 Å². The lowest BCUT2D eigenvalue weighted by molar-refractivity contribution is 0.102. The summed E-state index contributed by atoms with van der Waals surface area (Å²) >= 11 is 1.53. The molecule has 0 bridgehead atoms. The van der Waals surface area contributed by atoms with Gasteiger partial charge in [-0.3, -0.25) is 9.78 Å². The Morgan fingerprint density at radius 1 is 1.33 bits per heavy atom. The van der Waals surface area contributed by atoms with Gasteiger partial charge in [0.2, 0.25) is 0 Å². The molecule has 0 aliphatic rings. The smallest absolute Gasteiger partial charge is 0.169 e. The van der Waals surface area contributed by atoms with Crippen LogP contribution in [0.5, 0.6) is 0 Å². The van der Waals surface area contributed by atoms with Gasteiger partial charge in [0, 0.05) is 16.8 Å². The molecule has 2 aromatic rings. The van der Waals surface area contributed by atoms with Gasteiger partial charge in [-0.25, -0.2) is 0 Å². The van der Waals surface area contributed by atoms with Gasteiger partial charge >= 0.3 is 0 Å². The molecule has 0 radical (unpaired) electrons. The van der Waals surface area contributed by atoms with Crippen LogP contribution in [0.3, 0.4) is 0 Å². The molecule has 0 spiro atoms. The number of carbonyl (C=O) groups is 1. The van der Waals surface area contributed by atoms with E-state index in [0.717, 1.165) is 21.0 Å². The first-order valence-electron chi connectivity index (χ1n) is 4.70. The third kappa shape index (κ3) is 2.13. The molecule has 3 heteroatoms. The maximum absolute atomic E-state index is 11.2. The summed E-state index contributed by atoms with van der Waals surface area (Å²) in [6.07, 6.45) is 1.79. The van der Waals surface area contributed by atoms with Crippen molar-refractivity contribution in [3.05, 3.63) is 41.0 Å². The van der Waals surface area contributed by atoms with Crippen molar-refractivity contribution in [1.29, 1.82) is 0 Å². The first-order chi connectivity index (χ1) is 7.16. The fourth-order valence-electron chi connectivity index (χ4n) is 1.38. The number of aryl methyl sites for hydroxylation is 1. The Morgan fingerprint density at radius 2 is 2.13 bits per heavy atom. The van der Waals surface area contributed by atoms with Crippen LogP contribution in [-0.4, -0.2) is 10.8 Å². The minimum atomic E-state index is 0.122. The summed E-state index contributed by atoms with van der Waals surface area (Å²) in [6.45, 7) is 3.55. The number of Topliss-reactive ketones (excluding diaryl/α,β-unsaturated/α-hetero) is 1. The van der Waals surface area contributed by atoms with Crippen molar-refractivity contribution in [2.24, 2.45) is 0 Å². The molecular formula is C12H11NOS. The van der Waals surface area contributed by atoms with Crippen LogP contribution >= 0.6 is 11.3 Å². The molecule has 15 heavy (non-hydrogen) atoms. The van der Waals surface area contributed by atoms with Crippen molar-refractivity contribution in [1.82, 2.24) is 4.98 Å². The molecule has 0 saturated carbocycles. The largest absolute Gasteiger partial charge is 0.294 e. The molecule has 2 aromatic heterocycles. The fraction of sp³-hybridized carbons (Fsp3) is 0.167. The van der Waals surface area contributed by atoms with Crippen molar-refractivity contribution in [2.75, 3.05) is 0 Å². The van der Waals surface area contributed by atoms with Crippen LogP contribution in [0.4, 0.5) is 0 Å². The fourth-order valence-corrected chi connectivity index (χ4v) is 2.28. The molecule has 0 aliphatic heterocycles. The van der Waals surface area contributed by atoms with Crippen LogP contribution < -0.4 is 0 Å². The van der Waals surface area contributed by atoms with Crippen molar-refractivity contribution < 1.29 is 4.79 Å². The molecule has 0 aromatic carbocycles. The van der Waals surface area contributed by atoms with E-state index in [-0.39, 0.29) is 5.78 Å². The van der Waals surface area contributed by atoms with Crippen molar-refractivity contribution in [2.45, 2.75) is 13.8 Å². The number of hydrogen-bond donors (Lipinski definition) is 0. The molecule has 0 amide bonds. The number of nitrogens with zero attached hydrogens (tertiary/aromatic N) is 1. The van der Waals surface area contributed by atoms with E-state index in [0.29, 0.717) is 0 Å². The van der Waals surface area contributed by atoms with Gasteiger partial charge in [-0.15, -0.1) is 11.3 Å². The average Bonchev–Trinajstić information content (AvgIpc) is 2.66. The van der Waals surface area contributed by atoms with E-state index in [4.69, 9.17) is 0 Å². The highest BCUT2D eigenvalue weighted by Gasteiger charge is 2.05. The first-order valence-corrected chi connectivity index (χ1v) is 5.52. The Bertz CT molecular complexity index is 502. The predicted molar refractivity (Wildman–Crippen MR) is 62.3 cm³/mol. The van der Waals surface area contributed by atoms with Gasteiger partial charge < -0.3 is 0 Å². The van der Waals surface area contributed by atoms with E-state index in [1.165, 1.54) is 11.3 Å². The van der Waals surface area contributed by atoms with Crippen LogP contribution in [0.25, 0.3) is 10.4 Å². The van der Waals surface area contributed by atoms with Crippen molar-refractivity contribution in [3.63, 3.8) is 0 Å². The number of ketones is 1. The van der Waals surface area contributed by atoms with E-state index >= 15 is 0 Å². The monoisotopic (exact) mass is 217 g/mol. The highest BCUT2D eigenvalue weighted by molar-refractivity contribution is 7.17. The minimum Gasteiger partial charge on any atom is -0.294 e. The summed E-state index contributed by atoms with van der Waals surface area (Å²) in [5.74, 6) is 0.122. The van der Waals surface area contributed by atoms with Gasteiger partial charge in [0.15, 0.2) is 5.78 Å². The lowest BCUT2D eigenvalue weighted by atomic mass is 10.2. The van der Waals surface area contributed by atoms with E-state index in [2.05, 4.69) is 4.98 Å². The van der Waals surface area contributed by atoms with Crippen LogP contribution in [0, 0.1) is 6.92 Å². The zero-order valence-electron chi connectivity index (χ0n) is 8.65. The normalized spacial score (nSPS) is 10.3. The number of aromatic nitrogens is 1. The Morgan fingerprint density at radius 3 is 2.73 bits per heavy atom. The number of thiophene rings is 1. The molecule has 0 fully saturated rings. The maximum Gasteiger partial charge on any atom is 0.169 e. The number of rotatable bonds is 2. The SMILES string of the molecule is CC(=O)c1ccc(-c2ccnc(C)c2)s1. The third-order valence-electron chi connectivity index (χ3n) is 2.13. The Hall–Kier alpha value is -1.48.